The van der Waals surface area contributed by atoms with Crippen molar-refractivity contribution in [3.63, 3.8) is 0 Å². The van der Waals surface area contributed by atoms with Crippen molar-refractivity contribution in [3.8, 4) is 0 Å². The van der Waals surface area contributed by atoms with Gasteiger partial charge in [0.25, 0.3) is 0 Å². The van der Waals surface area contributed by atoms with Crippen molar-refractivity contribution < 1.29 is 23.8 Å². The summed E-state index contributed by atoms with van der Waals surface area (Å²) in [6, 6.07) is 0. The Balaban J connectivity index is 4.20. The van der Waals surface area contributed by atoms with Crippen LogP contribution in [0.5, 0.6) is 0 Å². The molecule has 0 radical (unpaired) electrons. The van der Waals surface area contributed by atoms with E-state index in [0.717, 1.165) is 128 Å². The molecule has 54 heavy (non-hydrogen) atoms. The maximum Gasteiger partial charge on any atom is 0.306 e. The lowest BCUT2D eigenvalue weighted by atomic mass is 10.1. The Morgan fingerprint density at radius 3 is 1.31 bits per heavy atom. The monoisotopic (exact) mass is 749 g/mol. The smallest absolute Gasteiger partial charge is 0.306 e. The zero-order valence-electron chi connectivity index (χ0n) is 34.9. The molecule has 0 aliphatic heterocycles. The van der Waals surface area contributed by atoms with E-state index in [1.165, 1.54) is 12.8 Å². The van der Waals surface area contributed by atoms with Crippen LogP contribution in [0.3, 0.4) is 0 Å². The van der Waals surface area contributed by atoms with Crippen LogP contribution in [-0.2, 0) is 23.8 Å². The number of hydrogen-bond donors (Lipinski definition) is 0. The summed E-state index contributed by atoms with van der Waals surface area (Å²) in [6.45, 7) is 7.40. The van der Waals surface area contributed by atoms with Crippen molar-refractivity contribution in [2.24, 2.45) is 0 Å². The number of carbonyl (C=O) groups excluding carboxylic acids is 2. The van der Waals surface area contributed by atoms with Gasteiger partial charge >= 0.3 is 11.9 Å². The van der Waals surface area contributed by atoms with Gasteiger partial charge < -0.3 is 14.2 Å². The van der Waals surface area contributed by atoms with Crippen molar-refractivity contribution in [1.82, 2.24) is 0 Å². The van der Waals surface area contributed by atoms with Gasteiger partial charge in [0.15, 0.2) is 6.10 Å². The molecule has 0 spiro atoms. The first-order valence-corrected chi connectivity index (χ1v) is 21.8. The van der Waals surface area contributed by atoms with E-state index >= 15 is 0 Å². The van der Waals surface area contributed by atoms with Crippen LogP contribution >= 0.6 is 0 Å². The van der Waals surface area contributed by atoms with Crippen LogP contribution in [0.2, 0.25) is 0 Å². The van der Waals surface area contributed by atoms with E-state index in [4.69, 9.17) is 14.2 Å². The number of unbranched alkanes of at least 4 members (excludes halogenated alkanes) is 11. The third-order valence-corrected chi connectivity index (χ3v) is 8.62. The minimum atomic E-state index is -0.562. The number of hydrogen-bond acceptors (Lipinski definition) is 5. The molecule has 0 aromatic carbocycles. The highest BCUT2D eigenvalue weighted by molar-refractivity contribution is 5.70. The van der Waals surface area contributed by atoms with Gasteiger partial charge in [0.2, 0.25) is 0 Å². The molecule has 0 rings (SSSR count). The third kappa shape index (κ3) is 41.6. The molecule has 1 atom stereocenters. The summed E-state index contributed by atoms with van der Waals surface area (Å²) in [7, 11) is 0. The van der Waals surface area contributed by atoms with E-state index in [9.17, 15) is 9.59 Å². The van der Waals surface area contributed by atoms with Crippen molar-refractivity contribution in [2.75, 3.05) is 19.8 Å². The summed E-state index contributed by atoms with van der Waals surface area (Å²) < 4.78 is 17.1. The van der Waals surface area contributed by atoms with E-state index in [1.807, 2.05) is 0 Å². The lowest BCUT2D eigenvalue weighted by Gasteiger charge is -2.18. The van der Waals surface area contributed by atoms with Gasteiger partial charge in [0.1, 0.15) is 6.61 Å². The minimum absolute atomic E-state index is 0.0536. The lowest BCUT2D eigenvalue weighted by molar-refractivity contribution is -0.163. The topological polar surface area (TPSA) is 61.8 Å². The largest absolute Gasteiger partial charge is 0.462 e. The summed E-state index contributed by atoms with van der Waals surface area (Å²) >= 11 is 0. The van der Waals surface area contributed by atoms with E-state index < -0.39 is 6.10 Å². The molecule has 5 heteroatoms. The van der Waals surface area contributed by atoms with Gasteiger partial charge in [-0.15, -0.1) is 0 Å². The van der Waals surface area contributed by atoms with Crippen LogP contribution in [0.25, 0.3) is 0 Å². The fourth-order valence-corrected chi connectivity index (χ4v) is 5.43. The Morgan fingerprint density at radius 1 is 0.426 bits per heavy atom. The van der Waals surface area contributed by atoms with E-state index in [-0.39, 0.29) is 25.2 Å². The predicted octanol–water partition coefficient (Wildman–Crippen LogP) is 14.3. The first kappa shape index (κ1) is 50.8. The molecule has 0 aliphatic carbocycles. The summed E-state index contributed by atoms with van der Waals surface area (Å²) in [6.07, 6.45) is 58.6. The summed E-state index contributed by atoms with van der Waals surface area (Å²) in [5.74, 6) is -0.465. The van der Waals surface area contributed by atoms with Crippen LogP contribution in [0.4, 0.5) is 0 Å². The summed E-state index contributed by atoms with van der Waals surface area (Å²) in [5.41, 5.74) is 0. The Kier molecular flexibility index (Phi) is 41.6. The molecule has 306 valence electrons. The van der Waals surface area contributed by atoms with Crippen LogP contribution in [-0.4, -0.2) is 37.9 Å². The van der Waals surface area contributed by atoms with Crippen molar-refractivity contribution in [3.05, 3.63) is 97.2 Å². The van der Waals surface area contributed by atoms with Crippen molar-refractivity contribution >= 4 is 11.9 Å². The van der Waals surface area contributed by atoms with E-state index in [0.29, 0.717) is 19.4 Å². The molecule has 0 saturated carbocycles. The van der Waals surface area contributed by atoms with Gasteiger partial charge in [-0.05, 0) is 96.3 Å². The maximum atomic E-state index is 12.5. The van der Waals surface area contributed by atoms with Crippen LogP contribution in [0.1, 0.15) is 175 Å². The predicted molar refractivity (Wildman–Crippen MR) is 233 cm³/mol. The second-order valence-electron chi connectivity index (χ2n) is 13.8. The molecule has 5 nitrogen and oxygen atoms in total. The molecule has 0 saturated heterocycles. The van der Waals surface area contributed by atoms with E-state index in [2.05, 4.69) is 118 Å². The highest BCUT2D eigenvalue weighted by Gasteiger charge is 2.17. The SMILES string of the molecule is CC/C=C\C/C=C\C/C=C\C/C=C\CCCCCCC(=O)OCC(COCCCCC/C=C\C/C=C\C/C=C\C/C=C\CC)OC(=O)CCCCCCC. The normalized spacial score (nSPS) is 13.2. The molecular weight excluding hydrogens is 669 g/mol. The Hall–Kier alpha value is -3.18. The van der Waals surface area contributed by atoms with E-state index in [1.54, 1.807) is 0 Å². The molecule has 0 aromatic rings. The molecule has 0 amide bonds. The second-order valence-corrected chi connectivity index (χ2v) is 13.8. The maximum absolute atomic E-state index is 12.5. The van der Waals surface area contributed by atoms with Gasteiger partial charge in [0, 0.05) is 19.4 Å². The summed E-state index contributed by atoms with van der Waals surface area (Å²) in [4.78, 5) is 25.0. The fraction of sp³-hybridized carbons (Fsp3) is 0.633. The number of esters is 2. The Bertz CT molecular complexity index is 1070. The molecule has 0 heterocycles. The van der Waals surface area contributed by atoms with Crippen LogP contribution in [0.15, 0.2) is 97.2 Å². The van der Waals surface area contributed by atoms with Gasteiger partial charge in [-0.1, -0.05) is 163 Å². The molecule has 0 aromatic heterocycles. The molecule has 0 bridgehead atoms. The molecule has 0 fully saturated rings. The van der Waals surface area contributed by atoms with Crippen molar-refractivity contribution in [2.45, 2.75) is 181 Å². The van der Waals surface area contributed by atoms with Crippen LogP contribution in [0, 0.1) is 0 Å². The highest BCUT2D eigenvalue weighted by Crippen LogP contribution is 2.10. The Morgan fingerprint density at radius 2 is 0.833 bits per heavy atom. The minimum Gasteiger partial charge on any atom is -0.462 e. The average molecular weight is 749 g/mol. The first-order chi connectivity index (χ1) is 26.6. The average Bonchev–Trinajstić information content (AvgIpc) is 3.17. The molecule has 1 unspecified atom stereocenters. The quantitative estimate of drug-likeness (QED) is 0.0357. The van der Waals surface area contributed by atoms with Gasteiger partial charge in [-0.2, -0.15) is 0 Å². The first-order valence-electron chi connectivity index (χ1n) is 21.8. The van der Waals surface area contributed by atoms with Crippen LogP contribution < -0.4 is 0 Å². The fourth-order valence-electron chi connectivity index (χ4n) is 5.43. The number of rotatable bonds is 38. The Labute approximate surface area is 332 Å². The lowest BCUT2D eigenvalue weighted by Crippen LogP contribution is -2.30. The van der Waals surface area contributed by atoms with Gasteiger partial charge in [0.05, 0.1) is 6.61 Å². The second kappa shape index (κ2) is 44.2. The molecule has 0 aliphatic rings. The van der Waals surface area contributed by atoms with Crippen molar-refractivity contribution in [1.29, 1.82) is 0 Å². The number of allylic oxidation sites excluding steroid dienone is 16. The molecular formula is C49H80O5. The number of carbonyl (C=O) groups is 2. The highest BCUT2D eigenvalue weighted by atomic mass is 16.6. The standard InChI is InChI=1S/C49H80O5/c1-4-7-10-13-15-17-19-21-23-25-26-28-30-32-34-37-39-42-48(50)53-46-47(54-49(51)43-40-36-12-9-6-3)45-52-44-41-38-35-33-31-29-27-24-22-20-18-16-14-11-8-5-2/h7-8,10-11,15-18,21-24,26,28-29,31,47H,4-6,9,12-14,19-20,25,27,30,32-46H2,1-3H3/b10-7-,11-8-,17-15-,18-16-,23-21-,24-22-,28-26-,31-29-. The molecule has 0 N–H and O–H groups in total. The zero-order chi connectivity index (χ0) is 39.3. The number of ether oxygens (including phenoxy) is 3. The van der Waals surface area contributed by atoms with Gasteiger partial charge in [-0.25, -0.2) is 0 Å². The zero-order valence-corrected chi connectivity index (χ0v) is 34.9. The third-order valence-electron chi connectivity index (χ3n) is 8.62. The summed E-state index contributed by atoms with van der Waals surface area (Å²) in [5, 5.41) is 0. The van der Waals surface area contributed by atoms with Gasteiger partial charge in [-0.3, -0.25) is 9.59 Å².